The summed E-state index contributed by atoms with van der Waals surface area (Å²) in [7, 11) is 0. The van der Waals surface area contributed by atoms with Gasteiger partial charge < -0.3 is 26.8 Å². The lowest BCUT2D eigenvalue weighted by Crippen LogP contribution is -2.40. The van der Waals surface area contributed by atoms with Crippen LogP contribution in [0.5, 0.6) is 0 Å². The van der Waals surface area contributed by atoms with E-state index in [1.807, 2.05) is 0 Å². The van der Waals surface area contributed by atoms with Gasteiger partial charge in [-0.1, -0.05) is 12.1 Å². The Morgan fingerprint density at radius 2 is 1.85 bits per heavy atom. The van der Waals surface area contributed by atoms with Gasteiger partial charge in [0.2, 0.25) is 5.96 Å². The molecule has 0 unspecified atom stereocenters. The average Bonchev–Trinajstić information content (AvgIpc) is 2.61. The molecule has 26 heavy (non-hydrogen) atoms. The highest BCUT2D eigenvalue weighted by atomic mass is 16.5. The zero-order valence-electron chi connectivity index (χ0n) is 14.7. The highest BCUT2D eigenvalue weighted by Crippen LogP contribution is 2.24. The van der Waals surface area contributed by atoms with Crippen LogP contribution in [-0.2, 0) is 9.53 Å². The molecule has 1 aliphatic rings. The molecule has 1 amide bonds. The van der Waals surface area contributed by atoms with E-state index in [0.717, 1.165) is 0 Å². The van der Waals surface area contributed by atoms with Crippen molar-refractivity contribution >= 4 is 29.5 Å². The van der Waals surface area contributed by atoms with Gasteiger partial charge in [-0.25, -0.2) is 4.99 Å². The van der Waals surface area contributed by atoms with Crippen molar-refractivity contribution in [2.75, 3.05) is 19.7 Å². The van der Waals surface area contributed by atoms with Crippen LogP contribution in [0.4, 0.5) is 5.69 Å². The first kappa shape index (κ1) is 19.2. The van der Waals surface area contributed by atoms with Crippen LogP contribution in [0.15, 0.2) is 34.3 Å². The van der Waals surface area contributed by atoms with Gasteiger partial charge in [0.25, 0.3) is 5.91 Å². The number of likely N-dealkylation sites (tertiary alicyclic amines) is 1. The van der Waals surface area contributed by atoms with Crippen LogP contribution in [0.25, 0.3) is 0 Å². The maximum atomic E-state index is 12.8. The maximum absolute atomic E-state index is 12.8. The Kier molecular flexibility index (Phi) is 6.54. The molecule has 0 saturated carbocycles. The van der Waals surface area contributed by atoms with Crippen molar-refractivity contribution in [3.63, 3.8) is 0 Å². The monoisotopic (exact) mass is 360 g/mol. The van der Waals surface area contributed by atoms with E-state index in [4.69, 9.17) is 21.9 Å². The van der Waals surface area contributed by atoms with Crippen molar-refractivity contribution in [2.24, 2.45) is 33.1 Å². The maximum Gasteiger partial charge on any atom is 0.309 e. The third-order valence-corrected chi connectivity index (χ3v) is 4.02. The number of piperidine rings is 1. The molecule has 140 valence electrons. The molecular weight excluding hydrogens is 336 g/mol. The average molecular weight is 360 g/mol. The van der Waals surface area contributed by atoms with E-state index >= 15 is 0 Å². The van der Waals surface area contributed by atoms with Crippen LogP contribution in [0.2, 0.25) is 0 Å². The minimum atomic E-state index is -0.212. The number of para-hydroxylation sites is 1. The number of ether oxygens (including phenoxy) is 1. The smallest absolute Gasteiger partial charge is 0.309 e. The van der Waals surface area contributed by atoms with Gasteiger partial charge in [-0.3, -0.25) is 9.59 Å². The Labute approximate surface area is 151 Å². The number of nitrogens with zero attached hydrogens (tertiary/aromatic N) is 3. The molecule has 6 N–H and O–H groups in total. The first-order valence-corrected chi connectivity index (χ1v) is 8.41. The Morgan fingerprint density at radius 1 is 1.19 bits per heavy atom. The normalized spacial score (nSPS) is 15.4. The summed E-state index contributed by atoms with van der Waals surface area (Å²) >= 11 is 0. The lowest BCUT2D eigenvalue weighted by molar-refractivity contribution is -0.149. The standard InChI is InChI=1S/C17H24N6O3/c1-2-26-15(25)11-7-9-23(10-8-11)14(24)12-5-3-4-6-13(12)21-17(20)22-16(18)19/h3-6,11H,2,7-10H2,1H3,(H6,18,19,20,21,22). The lowest BCUT2D eigenvalue weighted by atomic mass is 9.96. The van der Waals surface area contributed by atoms with E-state index in [-0.39, 0.29) is 29.7 Å². The molecule has 1 saturated heterocycles. The van der Waals surface area contributed by atoms with Crippen molar-refractivity contribution in [3.8, 4) is 0 Å². The van der Waals surface area contributed by atoms with Crippen LogP contribution in [0.1, 0.15) is 30.1 Å². The molecule has 0 aliphatic carbocycles. The van der Waals surface area contributed by atoms with Gasteiger partial charge in [0.05, 0.1) is 23.8 Å². The van der Waals surface area contributed by atoms with Gasteiger partial charge in [-0.15, -0.1) is 0 Å². The molecule has 1 aromatic rings. The lowest BCUT2D eigenvalue weighted by Gasteiger charge is -2.31. The Bertz CT molecular complexity index is 719. The fourth-order valence-corrected chi connectivity index (χ4v) is 2.78. The van der Waals surface area contributed by atoms with Crippen molar-refractivity contribution in [2.45, 2.75) is 19.8 Å². The van der Waals surface area contributed by atoms with Crippen LogP contribution >= 0.6 is 0 Å². The summed E-state index contributed by atoms with van der Waals surface area (Å²) in [5.41, 5.74) is 17.0. The molecule has 1 aliphatic heterocycles. The second-order valence-corrected chi connectivity index (χ2v) is 5.84. The number of hydrogen-bond acceptors (Lipinski definition) is 4. The third kappa shape index (κ3) is 4.95. The summed E-state index contributed by atoms with van der Waals surface area (Å²) < 4.78 is 5.05. The third-order valence-electron chi connectivity index (χ3n) is 4.02. The number of nitrogens with two attached hydrogens (primary N) is 3. The van der Waals surface area contributed by atoms with Gasteiger partial charge in [-0.05, 0) is 31.9 Å². The minimum Gasteiger partial charge on any atom is -0.466 e. The molecule has 9 nitrogen and oxygen atoms in total. The van der Waals surface area contributed by atoms with E-state index in [2.05, 4.69) is 9.98 Å². The largest absolute Gasteiger partial charge is 0.466 e. The molecular formula is C17H24N6O3. The highest BCUT2D eigenvalue weighted by Gasteiger charge is 2.29. The molecule has 2 rings (SSSR count). The fourth-order valence-electron chi connectivity index (χ4n) is 2.78. The van der Waals surface area contributed by atoms with Crippen LogP contribution < -0.4 is 17.2 Å². The van der Waals surface area contributed by atoms with Crippen molar-refractivity contribution < 1.29 is 14.3 Å². The minimum absolute atomic E-state index is 0.133. The van der Waals surface area contributed by atoms with E-state index in [9.17, 15) is 9.59 Å². The summed E-state index contributed by atoms with van der Waals surface area (Å²) in [6.07, 6.45) is 1.15. The number of carbonyl (C=O) groups is 2. The Morgan fingerprint density at radius 3 is 2.46 bits per heavy atom. The number of hydrogen-bond donors (Lipinski definition) is 3. The molecule has 1 heterocycles. The number of guanidine groups is 2. The topological polar surface area (TPSA) is 149 Å². The predicted molar refractivity (Wildman–Crippen MR) is 98.8 cm³/mol. The fraction of sp³-hybridized carbons (Fsp3) is 0.412. The highest BCUT2D eigenvalue weighted by molar-refractivity contribution is 6.01. The van der Waals surface area contributed by atoms with Gasteiger partial charge in [-0.2, -0.15) is 4.99 Å². The molecule has 0 atom stereocenters. The number of aliphatic imine (C=N–C) groups is 2. The van der Waals surface area contributed by atoms with Crippen molar-refractivity contribution in [1.82, 2.24) is 4.90 Å². The number of carbonyl (C=O) groups excluding carboxylic acids is 2. The molecule has 9 heteroatoms. The van der Waals surface area contributed by atoms with Crippen LogP contribution in [0.3, 0.4) is 0 Å². The van der Waals surface area contributed by atoms with Gasteiger partial charge in [0.15, 0.2) is 5.96 Å². The Balaban J connectivity index is 2.12. The van der Waals surface area contributed by atoms with E-state index in [1.165, 1.54) is 0 Å². The first-order chi connectivity index (χ1) is 12.4. The number of esters is 1. The molecule has 0 radical (unpaired) electrons. The van der Waals surface area contributed by atoms with Gasteiger partial charge in [0.1, 0.15) is 0 Å². The summed E-state index contributed by atoms with van der Waals surface area (Å²) in [5.74, 6) is -0.883. The van der Waals surface area contributed by atoms with Gasteiger partial charge >= 0.3 is 5.97 Å². The second-order valence-electron chi connectivity index (χ2n) is 5.84. The van der Waals surface area contributed by atoms with Crippen molar-refractivity contribution in [3.05, 3.63) is 29.8 Å². The number of amides is 1. The molecule has 1 fully saturated rings. The van der Waals surface area contributed by atoms with E-state index in [0.29, 0.717) is 43.8 Å². The molecule has 0 aromatic heterocycles. The zero-order valence-corrected chi connectivity index (χ0v) is 14.7. The molecule has 0 spiro atoms. The summed E-state index contributed by atoms with van der Waals surface area (Å²) in [4.78, 5) is 34.1. The predicted octanol–water partition coefficient (Wildman–Crippen LogP) is 0.322. The molecule has 0 bridgehead atoms. The number of benzene rings is 1. The second kappa shape index (κ2) is 8.84. The van der Waals surface area contributed by atoms with E-state index in [1.54, 1.807) is 36.1 Å². The zero-order chi connectivity index (χ0) is 19.1. The summed E-state index contributed by atoms with van der Waals surface area (Å²) in [5, 5.41) is 0. The summed E-state index contributed by atoms with van der Waals surface area (Å²) in [6.45, 7) is 3.09. The first-order valence-electron chi connectivity index (χ1n) is 8.41. The van der Waals surface area contributed by atoms with Gasteiger partial charge in [0, 0.05) is 13.1 Å². The SMILES string of the molecule is CCOC(=O)C1CCN(C(=O)c2ccccc2N=C(N)N=C(N)N)CC1. The Hall–Kier alpha value is -3.10. The van der Waals surface area contributed by atoms with Crippen molar-refractivity contribution in [1.29, 1.82) is 0 Å². The quantitative estimate of drug-likeness (QED) is 0.400. The summed E-state index contributed by atoms with van der Waals surface area (Å²) in [6, 6.07) is 6.81. The van der Waals surface area contributed by atoms with Crippen LogP contribution in [-0.4, -0.2) is 48.4 Å². The molecule has 1 aromatic carbocycles. The number of rotatable bonds is 4. The van der Waals surface area contributed by atoms with E-state index < -0.39 is 0 Å². The van der Waals surface area contributed by atoms with Crippen LogP contribution in [0, 0.1) is 5.92 Å².